The molecule has 0 spiro atoms. The Hall–Kier alpha value is -3.53. The minimum atomic E-state index is 0.616. The number of nitrogens with zero attached hydrogens (tertiary/aromatic N) is 4. The lowest BCUT2D eigenvalue weighted by atomic mass is 10.2. The van der Waals surface area contributed by atoms with Crippen LogP contribution < -0.4 is 4.90 Å². The molecule has 4 rings (SSSR count). The Kier molecular flexibility index (Phi) is 4.85. The van der Waals surface area contributed by atoms with Crippen LogP contribution in [0.5, 0.6) is 0 Å². The maximum atomic E-state index is 4.81. The van der Waals surface area contributed by atoms with Crippen molar-refractivity contribution in [3.05, 3.63) is 95.6 Å². The van der Waals surface area contributed by atoms with Crippen molar-refractivity contribution in [3.63, 3.8) is 0 Å². The van der Waals surface area contributed by atoms with Crippen LogP contribution in [0.3, 0.4) is 0 Å². The van der Waals surface area contributed by atoms with E-state index in [1.165, 1.54) is 11.1 Å². The van der Waals surface area contributed by atoms with Crippen molar-refractivity contribution in [2.45, 2.75) is 13.8 Å². The Bertz CT molecular complexity index is 1060. The molecular formula is C24H22N4. The highest BCUT2D eigenvalue weighted by atomic mass is 15.2. The molecule has 0 amide bonds. The molecule has 0 saturated carbocycles. The molecule has 0 saturated heterocycles. The van der Waals surface area contributed by atoms with Crippen molar-refractivity contribution in [2.24, 2.45) is 15.0 Å². The van der Waals surface area contributed by atoms with E-state index < -0.39 is 0 Å². The average Bonchev–Trinajstić information content (AvgIpc) is 3.14. The number of aliphatic imine (C=N–C) groups is 3. The summed E-state index contributed by atoms with van der Waals surface area (Å²) >= 11 is 0. The number of hydrogen-bond acceptors (Lipinski definition) is 3. The van der Waals surface area contributed by atoms with Crippen molar-refractivity contribution in [3.8, 4) is 0 Å². The second kappa shape index (κ2) is 7.61. The minimum Gasteiger partial charge on any atom is -0.326 e. The first-order chi connectivity index (χ1) is 13.6. The van der Waals surface area contributed by atoms with E-state index >= 15 is 0 Å². The van der Waals surface area contributed by atoms with E-state index in [0.717, 1.165) is 22.8 Å². The monoisotopic (exact) mass is 366 g/mol. The topological polar surface area (TPSA) is 40.3 Å². The van der Waals surface area contributed by atoms with Gasteiger partial charge in [0.2, 0.25) is 0 Å². The zero-order valence-corrected chi connectivity index (χ0v) is 16.3. The van der Waals surface area contributed by atoms with Crippen molar-refractivity contribution in [1.29, 1.82) is 0 Å². The van der Waals surface area contributed by atoms with Crippen LogP contribution in [0.4, 0.5) is 11.4 Å². The maximum Gasteiger partial charge on any atom is 0.198 e. The van der Waals surface area contributed by atoms with Gasteiger partial charge in [0.05, 0.1) is 5.69 Å². The summed E-state index contributed by atoms with van der Waals surface area (Å²) in [5.74, 6) is 2.04. The van der Waals surface area contributed by atoms with Crippen molar-refractivity contribution in [2.75, 3.05) is 11.9 Å². The summed E-state index contributed by atoms with van der Waals surface area (Å²) in [6, 6.07) is 26.5. The minimum absolute atomic E-state index is 0.616. The highest BCUT2D eigenvalue weighted by molar-refractivity contribution is 6.52. The molecule has 0 unspecified atom stereocenters. The number of hydrogen-bond donors (Lipinski definition) is 0. The van der Waals surface area contributed by atoms with Gasteiger partial charge in [-0.3, -0.25) is 0 Å². The molecule has 3 aromatic rings. The van der Waals surface area contributed by atoms with Crippen LogP contribution in [0.25, 0.3) is 0 Å². The summed E-state index contributed by atoms with van der Waals surface area (Å²) in [7, 11) is 2.00. The van der Waals surface area contributed by atoms with Gasteiger partial charge in [-0.15, -0.1) is 0 Å². The number of amidine groups is 3. The number of aryl methyl sites for hydroxylation is 2. The number of benzene rings is 3. The lowest BCUT2D eigenvalue weighted by molar-refractivity contribution is 1.27. The normalized spacial score (nSPS) is 14.8. The summed E-state index contributed by atoms with van der Waals surface area (Å²) in [4.78, 5) is 16.4. The fourth-order valence-corrected chi connectivity index (χ4v) is 2.97. The first kappa shape index (κ1) is 17.9. The third-order valence-corrected chi connectivity index (χ3v) is 4.66. The van der Waals surface area contributed by atoms with Crippen LogP contribution in [-0.2, 0) is 0 Å². The Morgan fingerprint density at radius 2 is 1.32 bits per heavy atom. The van der Waals surface area contributed by atoms with E-state index in [2.05, 4.69) is 50.2 Å². The predicted molar refractivity (Wildman–Crippen MR) is 118 cm³/mol. The van der Waals surface area contributed by atoms with Gasteiger partial charge in [0, 0.05) is 18.3 Å². The van der Waals surface area contributed by atoms with Gasteiger partial charge >= 0.3 is 0 Å². The molecule has 1 aliphatic rings. The van der Waals surface area contributed by atoms with Gasteiger partial charge in [0.25, 0.3) is 0 Å². The lowest BCUT2D eigenvalue weighted by Gasteiger charge is -2.19. The highest BCUT2D eigenvalue weighted by Gasteiger charge is 2.23. The van der Waals surface area contributed by atoms with Crippen molar-refractivity contribution in [1.82, 2.24) is 0 Å². The van der Waals surface area contributed by atoms with Crippen LogP contribution in [0.2, 0.25) is 0 Å². The van der Waals surface area contributed by atoms with Crippen LogP contribution >= 0.6 is 0 Å². The molecule has 0 aromatic heterocycles. The second-order valence-corrected chi connectivity index (χ2v) is 6.90. The van der Waals surface area contributed by atoms with Gasteiger partial charge in [-0.2, -0.15) is 0 Å². The fraction of sp³-hybridized carbons (Fsp3) is 0.125. The van der Waals surface area contributed by atoms with E-state index in [4.69, 9.17) is 15.0 Å². The third-order valence-electron chi connectivity index (χ3n) is 4.66. The van der Waals surface area contributed by atoms with E-state index in [1.54, 1.807) is 0 Å². The first-order valence-corrected chi connectivity index (χ1v) is 9.29. The first-order valence-electron chi connectivity index (χ1n) is 9.29. The molecule has 4 nitrogen and oxygen atoms in total. The zero-order chi connectivity index (χ0) is 19.5. The van der Waals surface area contributed by atoms with Crippen LogP contribution in [0.15, 0.2) is 93.8 Å². The number of rotatable bonds is 3. The van der Waals surface area contributed by atoms with Gasteiger partial charge in [-0.25, -0.2) is 15.0 Å². The molecule has 0 fully saturated rings. The predicted octanol–water partition coefficient (Wildman–Crippen LogP) is 5.33. The summed E-state index contributed by atoms with van der Waals surface area (Å²) in [5.41, 5.74) is 5.32. The number of anilines is 1. The molecule has 0 atom stereocenters. The van der Waals surface area contributed by atoms with Gasteiger partial charge < -0.3 is 4.90 Å². The summed E-state index contributed by atoms with van der Waals surface area (Å²) in [6.45, 7) is 4.15. The molecular weight excluding hydrogens is 344 g/mol. The standard InChI is InChI=1S/C24H22N4/c1-17-9-13-20(14-10-17)25-23-24(28(3)21-15-11-18(2)12-16-21)27-22(26-23)19-7-5-4-6-8-19/h4-16H,1-3H3. The SMILES string of the molecule is Cc1ccc(N=C2N=C(c3ccccc3)N=C2N(C)c2ccc(C)cc2)cc1. The highest BCUT2D eigenvalue weighted by Crippen LogP contribution is 2.21. The van der Waals surface area contributed by atoms with Gasteiger partial charge in [-0.1, -0.05) is 65.7 Å². The van der Waals surface area contributed by atoms with E-state index in [9.17, 15) is 0 Å². The largest absolute Gasteiger partial charge is 0.326 e. The molecule has 0 N–H and O–H groups in total. The van der Waals surface area contributed by atoms with Crippen molar-refractivity contribution < 1.29 is 0 Å². The van der Waals surface area contributed by atoms with E-state index in [1.807, 2.05) is 54.4 Å². The Morgan fingerprint density at radius 3 is 1.96 bits per heavy atom. The molecule has 0 radical (unpaired) electrons. The third kappa shape index (κ3) is 3.76. The van der Waals surface area contributed by atoms with Crippen LogP contribution in [0.1, 0.15) is 16.7 Å². The van der Waals surface area contributed by atoms with Gasteiger partial charge in [0.1, 0.15) is 0 Å². The molecule has 28 heavy (non-hydrogen) atoms. The van der Waals surface area contributed by atoms with E-state index in [0.29, 0.717) is 11.7 Å². The zero-order valence-electron chi connectivity index (χ0n) is 16.3. The van der Waals surface area contributed by atoms with E-state index in [-0.39, 0.29) is 0 Å². The molecule has 138 valence electrons. The van der Waals surface area contributed by atoms with Crippen molar-refractivity contribution >= 4 is 28.9 Å². The average molecular weight is 366 g/mol. The molecule has 1 aliphatic heterocycles. The number of likely N-dealkylation sites (N-methyl/N-ethyl adjacent to an activating group) is 1. The van der Waals surface area contributed by atoms with Crippen LogP contribution in [-0.4, -0.2) is 24.6 Å². The van der Waals surface area contributed by atoms with Crippen LogP contribution in [0, 0.1) is 13.8 Å². The summed E-state index contributed by atoms with van der Waals surface area (Å²) in [6.07, 6.45) is 0. The Balaban J connectivity index is 1.76. The molecule has 4 heteroatoms. The smallest absolute Gasteiger partial charge is 0.198 e. The Morgan fingerprint density at radius 1 is 0.714 bits per heavy atom. The molecule has 1 heterocycles. The quantitative estimate of drug-likeness (QED) is 0.618. The maximum absolute atomic E-state index is 4.81. The fourth-order valence-electron chi connectivity index (χ4n) is 2.97. The molecule has 0 aliphatic carbocycles. The Labute approximate surface area is 165 Å². The lowest BCUT2D eigenvalue weighted by Crippen LogP contribution is -2.30. The van der Waals surface area contributed by atoms with Gasteiger partial charge in [-0.05, 0) is 38.1 Å². The summed E-state index contributed by atoms with van der Waals surface area (Å²) in [5, 5.41) is 0. The molecule has 0 bridgehead atoms. The van der Waals surface area contributed by atoms with Gasteiger partial charge in [0.15, 0.2) is 17.5 Å². The molecule has 3 aromatic carbocycles. The summed E-state index contributed by atoms with van der Waals surface area (Å²) < 4.78 is 0. The second-order valence-electron chi connectivity index (χ2n) is 6.90.